The molecule has 0 saturated carbocycles. The summed E-state index contributed by atoms with van der Waals surface area (Å²) >= 11 is 6.34. The van der Waals surface area contributed by atoms with Gasteiger partial charge in [-0.1, -0.05) is 48.3 Å². The van der Waals surface area contributed by atoms with E-state index in [1.54, 1.807) is 11.8 Å². The molecule has 1 aromatic carbocycles. The first-order valence-corrected chi connectivity index (χ1v) is 9.39. The number of aromatic nitrogens is 3. The molecule has 1 aliphatic rings. The minimum Gasteiger partial charge on any atom is -0.384 e. The van der Waals surface area contributed by atoms with E-state index >= 15 is 0 Å². The maximum atomic E-state index is 10.0. The number of hydrogen-bond acceptors (Lipinski definition) is 6. The van der Waals surface area contributed by atoms with Gasteiger partial charge in [-0.3, -0.25) is 10.00 Å². The largest absolute Gasteiger partial charge is 0.384 e. The second-order valence-electron chi connectivity index (χ2n) is 6.65. The third-order valence-corrected chi connectivity index (χ3v) is 5.23. The van der Waals surface area contributed by atoms with Crippen molar-refractivity contribution in [2.24, 2.45) is 5.73 Å². The Morgan fingerprint density at radius 1 is 1.32 bits per heavy atom. The molecule has 0 radical (unpaired) electrons. The summed E-state index contributed by atoms with van der Waals surface area (Å²) in [5, 5.41) is 21.8. The number of nitrogens with two attached hydrogens (primary N) is 1. The first-order chi connectivity index (χ1) is 13.6. The zero-order valence-corrected chi connectivity index (χ0v) is 16.3. The Morgan fingerprint density at radius 2 is 2.07 bits per heavy atom. The number of rotatable bonds is 4. The van der Waals surface area contributed by atoms with Crippen LogP contribution in [0.4, 0.5) is 11.5 Å². The number of aryl methyl sites for hydroxylation is 2. The van der Waals surface area contributed by atoms with Gasteiger partial charge in [-0.15, -0.1) is 0 Å². The van der Waals surface area contributed by atoms with Crippen LogP contribution in [-0.4, -0.2) is 15.4 Å². The summed E-state index contributed by atoms with van der Waals surface area (Å²) in [7, 11) is 0. The fourth-order valence-corrected chi connectivity index (χ4v) is 4.02. The molecule has 0 fully saturated rings. The Bertz CT molecular complexity index is 1070. The molecule has 0 bridgehead atoms. The highest BCUT2D eigenvalue weighted by Crippen LogP contribution is 2.48. The Morgan fingerprint density at radius 3 is 2.68 bits per heavy atom. The molecule has 0 aliphatic carbocycles. The van der Waals surface area contributed by atoms with Crippen molar-refractivity contribution in [2.75, 3.05) is 4.90 Å². The summed E-state index contributed by atoms with van der Waals surface area (Å²) in [5.74, 6) is 1.04. The predicted molar refractivity (Wildman–Crippen MR) is 106 cm³/mol. The van der Waals surface area contributed by atoms with Crippen LogP contribution in [0.15, 0.2) is 46.2 Å². The van der Waals surface area contributed by atoms with Crippen LogP contribution in [-0.2, 0) is 6.42 Å². The summed E-state index contributed by atoms with van der Waals surface area (Å²) in [6, 6.07) is 11.9. The van der Waals surface area contributed by atoms with Crippen LogP contribution >= 0.6 is 11.6 Å². The minimum atomic E-state index is -0.487. The molecule has 28 heavy (non-hydrogen) atoms. The molecule has 1 atom stereocenters. The van der Waals surface area contributed by atoms with Gasteiger partial charge >= 0.3 is 0 Å². The van der Waals surface area contributed by atoms with E-state index in [0.717, 1.165) is 29.8 Å². The maximum absolute atomic E-state index is 10.0. The maximum Gasteiger partial charge on any atom is 0.176 e. The number of halogens is 1. The van der Waals surface area contributed by atoms with E-state index in [4.69, 9.17) is 21.9 Å². The van der Waals surface area contributed by atoms with Gasteiger partial charge in [0.2, 0.25) is 0 Å². The predicted octanol–water partition coefficient (Wildman–Crippen LogP) is 4.29. The van der Waals surface area contributed by atoms with Crippen molar-refractivity contribution in [1.82, 2.24) is 15.4 Å². The number of para-hydroxylation sites is 1. The quantitative estimate of drug-likeness (QED) is 0.683. The van der Waals surface area contributed by atoms with Gasteiger partial charge in [0.25, 0.3) is 0 Å². The fourth-order valence-electron chi connectivity index (χ4n) is 3.74. The number of anilines is 2. The van der Waals surface area contributed by atoms with Gasteiger partial charge in [0.1, 0.15) is 11.6 Å². The van der Waals surface area contributed by atoms with E-state index in [2.05, 4.69) is 28.3 Å². The number of aromatic amines is 1. The second-order valence-corrected chi connectivity index (χ2v) is 7.01. The zero-order valence-electron chi connectivity index (χ0n) is 15.5. The van der Waals surface area contributed by atoms with Crippen molar-refractivity contribution in [1.29, 1.82) is 5.26 Å². The molecule has 0 amide bonds. The lowest BCUT2D eigenvalue weighted by Gasteiger charge is -2.33. The first kappa shape index (κ1) is 18.1. The number of fused-ring (bicyclic) bond motifs is 1. The van der Waals surface area contributed by atoms with E-state index in [9.17, 15) is 5.26 Å². The molecule has 142 valence electrons. The lowest BCUT2D eigenvalue weighted by Crippen LogP contribution is -2.31. The molecular formula is C20H19ClN6O. The van der Waals surface area contributed by atoms with Gasteiger partial charge in [0.15, 0.2) is 11.0 Å². The molecule has 0 spiro atoms. The Hall–Kier alpha value is -3.24. The summed E-state index contributed by atoms with van der Waals surface area (Å²) in [4.78, 5) is 1.80. The molecule has 3 heterocycles. The summed E-state index contributed by atoms with van der Waals surface area (Å²) < 4.78 is 5.28. The van der Waals surface area contributed by atoms with Crippen LogP contribution in [0.3, 0.4) is 0 Å². The highest BCUT2D eigenvalue weighted by Gasteiger charge is 2.40. The molecule has 4 rings (SSSR count). The average molecular weight is 395 g/mol. The van der Waals surface area contributed by atoms with Crippen LogP contribution in [0, 0.1) is 18.3 Å². The highest BCUT2D eigenvalue weighted by atomic mass is 35.5. The average Bonchev–Trinajstić information content (AvgIpc) is 3.25. The lowest BCUT2D eigenvalue weighted by molar-refractivity contribution is 0.396. The Labute approximate surface area is 167 Å². The number of allylic oxidation sites excluding steroid dienone is 1. The van der Waals surface area contributed by atoms with Crippen molar-refractivity contribution < 1.29 is 4.52 Å². The van der Waals surface area contributed by atoms with Crippen LogP contribution in [0.5, 0.6) is 0 Å². The summed E-state index contributed by atoms with van der Waals surface area (Å²) in [6.07, 6.45) is 1.70. The lowest BCUT2D eigenvalue weighted by atomic mass is 9.82. The van der Waals surface area contributed by atoms with Gasteiger partial charge in [-0.05, 0) is 25.5 Å². The van der Waals surface area contributed by atoms with E-state index in [1.807, 2.05) is 30.3 Å². The highest BCUT2D eigenvalue weighted by molar-refractivity contribution is 6.30. The monoisotopic (exact) mass is 394 g/mol. The molecule has 2 aromatic heterocycles. The van der Waals surface area contributed by atoms with Crippen molar-refractivity contribution in [3.8, 4) is 6.07 Å². The smallest absolute Gasteiger partial charge is 0.176 e. The number of nitrogens with zero attached hydrogens (tertiary/aromatic N) is 4. The number of nitrogens with one attached hydrogen (secondary N) is 1. The zero-order chi connectivity index (χ0) is 19.8. The van der Waals surface area contributed by atoms with E-state index < -0.39 is 5.92 Å². The van der Waals surface area contributed by atoms with Crippen LogP contribution < -0.4 is 10.6 Å². The van der Waals surface area contributed by atoms with Crippen LogP contribution in [0.2, 0.25) is 5.15 Å². The van der Waals surface area contributed by atoms with Crippen LogP contribution in [0.25, 0.3) is 0 Å². The minimum absolute atomic E-state index is 0.228. The first-order valence-electron chi connectivity index (χ1n) is 9.02. The fraction of sp³-hybridized carbons (Fsp3) is 0.250. The van der Waals surface area contributed by atoms with Gasteiger partial charge in [0.05, 0.1) is 17.6 Å². The van der Waals surface area contributed by atoms with Crippen molar-refractivity contribution in [3.05, 3.63) is 69.5 Å². The van der Waals surface area contributed by atoms with Gasteiger partial charge in [0, 0.05) is 22.5 Å². The molecule has 0 unspecified atom stereocenters. The van der Waals surface area contributed by atoms with Crippen LogP contribution in [0.1, 0.15) is 41.8 Å². The molecular weight excluding hydrogens is 376 g/mol. The summed E-state index contributed by atoms with van der Waals surface area (Å²) in [5.41, 5.74) is 10.2. The van der Waals surface area contributed by atoms with E-state index in [-0.39, 0.29) is 5.15 Å². The van der Waals surface area contributed by atoms with Crippen molar-refractivity contribution in [3.63, 3.8) is 0 Å². The Balaban J connectivity index is 2.03. The topological polar surface area (TPSA) is 108 Å². The van der Waals surface area contributed by atoms with Gasteiger partial charge in [-0.2, -0.15) is 10.4 Å². The number of nitriles is 1. The van der Waals surface area contributed by atoms with Crippen molar-refractivity contribution in [2.45, 2.75) is 32.6 Å². The molecule has 7 nitrogen and oxygen atoms in total. The summed E-state index contributed by atoms with van der Waals surface area (Å²) in [6.45, 7) is 3.87. The number of hydrogen-bond donors (Lipinski definition) is 2. The normalized spacial score (nSPS) is 16.2. The van der Waals surface area contributed by atoms with Gasteiger partial charge in [-0.25, -0.2) is 0 Å². The van der Waals surface area contributed by atoms with Gasteiger partial charge < -0.3 is 10.3 Å². The standard InChI is InChI=1S/C20H19ClN6O/c1-3-7-14-17-16(15-11(2)28-26-18(15)21)13(10-22)19(23)27(20(17)25-24-14)12-8-5-4-6-9-12/h4-6,8-9,16H,3,7,23H2,1-2H3,(H,24,25)/t16-/m1/s1. The second kappa shape index (κ2) is 7.06. The molecule has 3 aromatic rings. The number of benzene rings is 1. The van der Waals surface area contributed by atoms with Crippen molar-refractivity contribution >= 4 is 23.1 Å². The molecule has 3 N–H and O–H groups in total. The third kappa shape index (κ3) is 2.65. The molecule has 8 heteroatoms. The Kier molecular flexibility index (Phi) is 4.57. The van der Waals surface area contributed by atoms with E-state index in [0.29, 0.717) is 28.5 Å². The molecule has 1 aliphatic heterocycles. The molecule has 0 saturated heterocycles. The third-order valence-electron chi connectivity index (χ3n) is 4.96. The SMILES string of the molecule is CCCc1[nH]nc2c1[C@@H](c1c(Cl)noc1C)C(C#N)=C(N)N2c1ccccc1. The van der Waals surface area contributed by atoms with E-state index in [1.165, 1.54) is 0 Å². The number of H-pyrrole nitrogens is 1.